The van der Waals surface area contributed by atoms with E-state index in [1.54, 1.807) is 14.2 Å². The van der Waals surface area contributed by atoms with E-state index in [1.165, 1.54) is 0 Å². The fourth-order valence-corrected chi connectivity index (χ4v) is 2.44. The van der Waals surface area contributed by atoms with Crippen molar-refractivity contribution in [3.63, 3.8) is 0 Å². The molecule has 1 aliphatic rings. The molecule has 1 aromatic carbocycles. The van der Waals surface area contributed by atoms with Crippen molar-refractivity contribution in [1.82, 2.24) is 5.32 Å². The fraction of sp³-hybridized carbons (Fsp3) is 0.533. The van der Waals surface area contributed by atoms with Crippen LogP contribution < -0.4 is 10.1 Å². The van der Waals surface area contributed by atoms with Gasteiger partial charge in [-0.15, -0.1) is 0 Å². The third-order valence-corrected chi connectivity index (χ3v) is 3.79. The molecule has 0 spiro atoms. The van der Waals surface area contributed by atoms with E-state index < -0.39 is 0 Å². The van der Waals surface area contributed by atoms with E-state index >= 15 is 0 Å². The molecule has 1 N–H and O–H groups in total. The molecule has 1 amide bonds. The molecular formula is C15H21NO3. The van der Waals surface area contributed by atoms with Gasteiger partial charge >= 0.3 is 0 Å². The first-order chi connectivity index (χ1) is 9.15. The van der Waals surface area contributed by atoms with E-state index in [1.807, 2.05) is 25.1 Å². The number of hydrogen-bond donors (Lipinski definition) is 1. The highest BCUT2D eigenvalue weighted by Gasteiger charge is 2.32. The summed E-state index contributed by atoms with van der Waals surface area (Å²) in [5, 5.41) is 3.09. The van der Waals surface area contributed by atoms with Gasteiger partial charge in [-0.05, 0) is 43.5 Å². The number of nitrogens with one attached hydrogen (secondary N) is 1. The largest absolute Gasteiger partial charge is 0.497 e. The van der Waals surface area contributed by atoms with Gasteiger partial charge in [0, 0.05) is 24.6 Å². The van der Waals surface area contributed by atoms with E-state index in [-0.39, 0.29) is 11.9 Å². The van der Waals surface area contributed by atoms with Crippen LogP contribution in [0.4, 0.5) is 0 Å². The average Bonchev–Trinajstić information content (AvgIpc) is 2.40. The maximum atomic E-state index is 12.2. The van der Waals surface area contributed by atoms with Crippen LogP contribution in [-0.4, -0.2) is 32.8 Å². The second-order valence-corrected chi connectivity index (χ2v) is 5.05. The number of hydrogen-bond acceptors (Lipinski definition) is 3. The molecule has 0 unspecified atom stereocenters. The molecule has 4 heteroatoms. The van der Waals surface area contributed by atoms with Crippen LogP contribution in [0.2, 0.25) is 0 Å². The lowest BCUT2D eigenvalue weighted by atomic mass is 9.80. The normalized spacial score (nSPS) is 21.6. The predicted octanol–water partition coefficient (Wildman–Crippen LogP) is 2.16. The van der Waals surface area contributed by atoms with Crippen molar-refractivity contribution in [2.45, 2.75) is 25.8 Å². The molecule has 1 fully saturated rings. The summed E-state index contributed by atoms with van der Waals surface area (Å²) in [6.07, 6.45) is 2.16. The van der Waals surface area contributed by atoms with Crippen molar-refractivity contribution < 1.29 is 14.3 Å². The van der Waals surface area contributed by atoms with Gasteiger partial charge in [-0.1, -0.05) is 0 Å². The monoisotopic (exact) mass is 263 g/mol. The molecule has 104 valence electrons. The van der Waals surface area contributed by atoms with Crippen molar-refractivity contribution in [3.05, 3.63) is 29.3 Å². The van der Waals surface area contributed by atoms with Crippen molar-refractivity contribution in [2.24, 2.45) is 5.92 Å². The molecule has 1 aromatic rings. The van der Waals surface area contributed by atoms with Crippen LogP contribution in [0, 0.1) is 12.8 Å². The summed E-state index contributed by atoms with van der Waals surface area (Å²) in [5.74, 6) is 1.22. The molecule has 0 heterocycles. The van der Waals surface area contributed by atoms with E-state index in [0.29, 0.717) is 18.1 Å². The number of ether oxygens (including phenoxy) is 2. The van der Waals surface area contributed by atoms with Gasteiger partial charge in [-0.3, -0.25) is 4.79 Å². The number of amides is 1. The molecule has 0 saturated heterocycles. The van der Waals surface area contributed by atoms with Crippen molar-refractivity contribution in [1.29, 1.82) is 0 Å². The van der Waals surface area contributed by atoms with E-state index in [0.717, 1.165) is 24.2 Å². The highest BCUT2D eigenvalue weighted by Crippen LogP contribution is 2.28. The number of methoxy groups -OCH3 is 2. The van der Waals surface area contributed by atoms with Crippen LogP contribution >= 0.6 is 0 Å². The molecule has 0 aliphatic heterocycles. The maximum Gasteiger partial charge on any atom is 0.251 e. The Bertz CT molecular complexity index is 459. The quantitative estimate of drug-likeness (QED) is 0.885. The maximum absolute atomic E-state index is 12.2. The van der Waals surface area contributed by atoms with Gasteiger partial charge in [-0.2, -0.15) is 0 Å². The molecule has 1 aliphatic carbocycles. The van der Waals surface area contributed by atoms with Crippen LogP contribution in [0.3, 0.4) is 0 Å². The van der Waals surface area contributed by atoms with E-state index in [4.69, 9.17) is 9.47 Å². The molecule has 19 heavy (non-hydrogen) atoms. The Morgan fingerprint density at radius 1 is 1.37 bits per heavy atom. The van der Waals surface area contributed by atoms with Crippen LogP contribution in [0.25, 0.3) is 0 Å². The minimum atomic E-state index is -0.00837. The second-order valence-electron chi connectivity index (χ2n) is 5.05. The molecule has 4 nitrogen and oxygen atoms in total. The van der Waals surface area contributed by atoms with Crippen molar-refractivity contribution >= 4 is 5.91 Å². The number of carbonyl (C=O) groups is 1. The van der Waals surface area contributed by atoms with Crippen LogP contribution in [0.5, 0.6) is 5.75 Å². The molecule has 0 radical (unpaired) electrons. The molecular weight excluding hydrogens is 242 g/mol. The number of carbonyl (C=O) groups excluding carboxylic acids is 1. The summed E-state index contributed by atoms with van der Waals surface area (Å²) in [5.41, 5.74) is 1.64. The van der Waals surface area contributed by atoms with Gasteiger partial charge in [-0.25, -0.2) is 0 Å². The Morgan fingerprint density at radius 3 is 2.68 bits per heavy atom. The Hall–Kier alpha value is -1.55. The molecule has 0 bridgehead atoms. The first-order valence-corrected chi connectivity index (χ1v) is 6.60. The summed E-state index contributed by atoms with van der Waals surface area (Å²) < 4.78 is 10.3. The number of benzene rings is 1. The topological polar surface area (TPSA) is 47.6 Å². The Balaban J connectivity index is 2.00. The van der Waals surface area contributed by atoms with Gasteiger partial charge in [0.1, 0.15) is 5.75 Å². The molecule has 2 atom stereocenters. The zero-order chi connectivity index (χ0) is 13.8. The zero-order valence-electron chi connectivity index (χ0n) is 11.7. The van der Waals surface area contributed by atoms with Crippen molar-refractivity contribution in [3.8, 4) is 5.75 Å². The Kier molecular flexibility index (Phi) is 4.43. The number of rotatable bonds is 5. The van der Waals surface area contributed by atoms with Crippen LogP contribution in [-0.2, 0) is 4.74 Å². The first-order valence-electron chi connectivity index (χ1n) is 6.60. The zero-order valence-corrected chi connectivity index (χ0v) is 11.7. The average molecular weight is 263 g/mol. The molecule has 2 rings (SSSR count). The van der Waals surface area contributed by atoms with Crippen LogP contribution in [0.1, 0.15) is 28.8 Å². The first kappa shape index (κ1) is 13.9. The smallest absolute Gasteiger partial charge is 0.251 e. The highest BCUT2D eigenvalue weighted by molar-refractivity contribution is 5.96. The van der Waals surface area contributed by atoms with E-state index in [2.05, 4.69) is 5.32 Å². The third kappa shape index (κ3) is 3.07. The summed E-state index contributed by atoms with van der Waals surface area (Å²) in [6.45, 7) is 2.64. The van der Waals surface area contributed by atoms with Gasteiger partial charge in [0.2, 0.25) is 0 Å². The summed E-state index contributed by atoms with van der Waals surface area (Å²) in [4.78, 5) is 12.2. The summed E-state index contributed by atoms with van der Waals surface area (Å²) in [7, 11) is 3.32. The Labute approximate surface area is 114 Å². The third-order valence-electron chi connectivity index (χ3n) is 3.79. The minimum Gasteiger partial charge on any atom is -0.497 e. The van der Waals surface area contributed by atoms with Gasteiger partial charge in [0.05, 0.1) is 13.7 Å². The standard InChI is InChI=1S/C15H21NO3/c1-10-8-12(19-3)5-6-13(10)15(17)16-14-7-4-11(14)9-18-2/h5-6,8,11,14H,4,7,9H2,1-3H3,(H,16,17)/t11-,14-/m1/s1. The molecule has 0 aromatic heterocycles. The van der Waals surface area contributed by atoms with Crippen LogP contribution in [0.15, 0.2) is 18.2 Å². The highest BCUT2D eigenvalue weighted by atomic mass is 16.5. The van der Waals surface area contributed by atoms with Gasteiger partial charge in [0.15, 0.2) is 0 Å². The minimum absolute atomic E-state index is 0.00837. The SMILES string of the molecule is COC[C@H]1CC[C@H]1NC(=O)c1ccc(OC)cc1C. The van der Waals surface area contributed by atoms with Gasteiger partial charge < -0.3 is 14.8 Å². The van der Waals surface area contributed by atoms with Crippen molar-refractivity contribution in [2.75, 3.05) is 20.8 Å². The number of aryl methyl sites for hydroxylation is 1. The molecule has 1 saturated carbocycles. The fourth-order valence-electron chi connectivity index (χ4n) is 2.44. The lowest BCUT2D eigenvalue weighted by molar-refractivity contribution is 0.0670. The lowest BCUT2D eigenvalue weighted by Crippen LogP contribution is -2.48. The summed E-state index contributed by atoms with van der Waals surface area (Å²) >= 11 is 0. The summed E-state index contributed by atoms with van der Waals surface area (Å²) in [6, 6.07) is 5.75. The second kappa shape index (κ2) is 6.06. The Morgan fingerprint density at radius 2 is 2.16 bits per heavy atom. The van der Waals surface area contributed by atoms with E-state index in [9.17, 15) is 4.79 Å². The lowest BCUT2D eigenvalue weighted by Gasteiger charge is -2.36. The predicted molar refractivity (Wildman–Crippen MR) is 73.6 cm³/mol. The van der Waals surface area contributed by atoms with Gasteiger partial charge in [0.25, 0.3) is 5.91 Å².